The monoisotopic (exact) mass is 750 g/mol. The zero-order valence-corrected chi connectivity index (χ0v) is 27.5. The molecule has 0 heterocycles. The Labute approximate surface area is 290 Å². The molecule has 0 aliphatic carbocycles. The van der Waals surface area contributed by atoms with E-state index in [2.05, 4.69) is 31.7 Å². The molecule has 0 amide bonds. The second kappa shape index (κ2) is 14.5. The Hall–Kier alpha value is -6.88. The lowest BCUT2D eigenvalue weighted by atomic mass is 10.2. The Morgan fingerprint density at radius 3 is 1.37 bits per heavy atom. The summed E-state index contributed by atoms with van der Waals surface area (Å²) in [7, 11) is -9.63. The Kier molecular flexibility index (Phi) is 10.2. The van der Waals surface area contributed by atoms with Gasteiger partial charge in [-0.15, -0.1) is 0 Å². The minimum Gasteiger partial charge on any atom is -0.354 e. The van der Waals surface area contributed by atoms with Crippen molar-refractivity contribution < 1.29 is 35.8 Å². The van der Waals surface area contributed by atoms with E-state index in [0.717, 1.165) is 30.3 Å². The van der Waals surface area contributed by atoms with Crippen molar-refractivity contribution in [1.82, 2.24) is 0 Å². The molecule has 22 heteroatoms. The molecule has 0 spiro atoms. The summed E-state index contributed by atoms with van der Waals surface area (Å²) in [4.78, 5) is 44.4. The summed E-state index contributed by atoms with van der Waals surface area (Å²) in [5, 5.41) is 34.8. The number of hydrogen-bond acceptors (Lipinski definition) is 16. The Morgan fingerprint density at radius 1 is 0.558 bits per heavy atom. The van der Waals surface area contributed by atoms with Crippen LogP contribution in [0.2, 0.25) is 0 Å². The summed E-state index contributed by atoms with van der Waals surface area (Å²) in [6, 6.07) is 19.8. The smallest absolute Gasteiger partial charge is 0.296 e. The zero-order valence-electron chi connectivity index (χ0n) is 25.8. The second-order valence-corrected chi connectivity index (χ2v) is 13.2. The fraction of sp³-hybridized carbons (Fsp3) is 0. The SMILES string of the molecule is O=c1cc/c(=N\Nc2ccc(Nc3ccc([N+](=O)[O-])cc3S(=O)(=O)O)cc2)c(=O)/c1=N/Nc1ccc(Nc2ccc([N+](=O)[O-])cc2S(=O)(=O)O)cc1. The first-order valence-electron chi connectivity index (χ1n) is 14.2. The minimum atomic E-state index is -4.82. The van der Waals surface area contributed by atoms with Crippen LogP contribution in [-0.4, -0.2) is 35.8 Å². The number of benzene rings is 5. The average molecular weight is 751 g/mol. The molecule has 0 bridgehead atoms. The quantitative estimate of drug-likeness (QED) is 0.0606. The van der Waals surface area contributed by atoms with Crippen molar-refractivity contribution in [3.05, 3.63) is 148 Å². The third kappa shape index (κ3) is 8.64. The van der Waals surface area contributed by atoms with E-state index in [4.69, 9.17) is 0 Å². The number of anilines is 6. The fourth-order valence-electron chi connectivity index (χ4n) is 4.43. The molecule has 5 aromatic carbocycles. The third-order valence-electron chi connectivity index (χ3n) is 6.91. The van der Waals surface area contributed by atoms with Crippen LogP contribution in [0.5, 0.6) is 0 Å². The maximum atomic E-state index is 13.0. The normalized spacial score (nSPS) is 12.3. The van der Waals surface area contributed by atoms with Crippen LogP contribution in [0, 0.1) is 20.2 Å². The predicted molar refractivity (Wildman–Crippen MR) is 185 cm³/mol. The van der Waals surface area contributed by atoms with Gasteiger partial charge in [0.2, 0.25) is 10.9 Å². The summed E-state index contributed by atoms with van der Waals surface area (Å²) in [6.45, 7) is 0. The molecule has 0 fully saturated rings. The van der Waals surface area contributed by atoms with Gasteiger partial charge in [-0.25, -0.2) is 0 Å². The van der Waals surface area contributed by atoms with Crippen LogP contribution in [-0.2, 0) is 20.2 Å². The van der Waals surface area contributed by atoms with Gasteiger partial charge in [0.05, 0.1) is 32.6 Å². The Bertz CT molecular complexity index is 2680. The molecule has 5 rings (SSSR count). The average Bonchev–Trinajstić information content (AvgIpc) is 3.08. The largest absolute Gasteiger partial charge is 0.354 e. The standard InChI is InChI=1S/C30H22N8O12S2/c39-26-14-13-25(35-33-19-5-1-17(2-6-19)31-23-11-9-21(37(41)42)15-27(23)51(45,46)47)30(40)29(26)36-34-20-7-3-18(4-8-20)32-24-12-10-22(38(43)44)16-28(24)52(48,49)50/h1-16,31-34H,(H,45,46,47)(H,48,49,50)/b35-25+,36-29+. The van der Waals surface area contributed by atoms with E-state index in [1.165, 1.54) is 54.6 Å². The van der Waals surface area contributed by atoms with Crippen molar-refractivity contribution >= 4 is 65.7 Å². The molecule has 0 unspecified atom stereocenters. The third-order valence-corrected chi connectivity index (χ3v) is 8.70. The summed E-state index contributed by atoms with van der Waals surface area (Å²) >= 11 is 0. The van der Waals surface area contributed by atoms with Crippen LogP contribution in [0.25, 0.3) is 0 Å². The van der Waals surface area contributed by atoms with Crippen molar-refractivity contribution in [1.29, 1.82) is 0 Å². The van der Waals surface area contributed by atoms with E-state index in [1.807, 2.05) is 0 Å². The molecule has 5 aromatic rings. The molecule has 20 nitrogen and oxygen atoms in total. The van der Waals surface area contributed by atoms with Crippen molar-refractivity contribution in [2.24, 2.45) is 10.2 Å². The van der Waals surface area contributed by atoms with Crippen LogP contribution < -0.4 is 43.1 Å². The Morgan fingerprint density at radius 2 is 0.962 bits per heavy atom. The van der Waals surface area contributed by atoms with E-state index in [0.29, 0.717) is 34.9 Å². The highest BCUT2D eigenvalue weighted by Gasteiger charge is 2.21. The fourth-order valence-corrected chi connectivity index (χ4v) is 5.76. The van der Waals surface area contributed by atoms with Gasteiger partial charge in [-0.05, 0) is 72.8 Å². The first-order valence-corrected chi connectivity index (χ1v) is 17.1. The zero-order chi connectivity index (χ0) is 37.8. The van der Waals surface area contributed by atoms with E-state index < -0.39 is 67.5 Å². The molecule has 266 valence electrons. The van der Waals surface area contributed by atoms with Crippen LogP contribution in [0.15, 0.2) is 127 Å². The van der Waals surface area contributed by atoms with Crippen LogP contribution >= 0.6 is 0 Å². The maximum Gasteiger partial charge on any atom is 0.296 e. The predicted octanol–water partition coefficient (Wildman–Crippen LogP) is 2.94. The molecular formula is C30H22N8O12S2. The summed E-state index contributed by atoms with van der Waals surface area (Å²) in [5.41, 5.74) is 3.63. The van der Waals surface area contributed by atoms with E-state index >= 15 is 0 Å². The van der Waals surface area contributed by atoms with Gasteiger partial charge in [-0.2, -0.15) is 27.0 Å². The molecule has 0 aromatic heterocycles. The van der Waals surface area contributed by atoms with Gasteiger partial charge in [-0.3, -0.25) is 49.8 Å². The van der Waals surface area contributed by atoms with Gasteiger partial charge in [0.15, 0.2) is 5.36 Å². The molecule has 52 heavy (non-hydrogen) atoms. The number of nitro groups is 2. The van der Waals surface area contributed by atoms with Crippen molar-refractivity contribution in [3.63, 3.8) is 0 Å². The van der Waals surface area contributed by atoms with Gasteiger partial charge in [0.25, 0.3) is 31.6 Å². The number of non-ortho nitro benzene ring substituents is 2. The Balaban J connectivity index is 1.30. The number of rotatable bonds is 12. The van der Waals surface area contributed by atoms with Gasteiger partial charge in [0.1, 0.15) is 15.1 Å². The van der Waals surface area contributed by atoms with Crippen molar-refractivity contribution in [2.75, 3.05) is 21.5 Å². The van der Waals surface area contributed by atoms with Gasteiger partial charge < -0.3 is 10.6 Å². The summed E-state index contributed by atoms with van der Waals surface area (Å²) in [6.07, 6.45) is 0. The van der Waals surface area contributed by atoms with Crippen molar-refractivity contribution in [3.8, 4) is 0 Å². The van der Waals surface area contributed by atoms with Gasteiger partial charge in [0, 0.05) is 35.6 Å². The highest BCUT2D eigenvalue weighted by atomic mass is 32.2. The first kappa shape index (κ1) is 36.4. The molecule has 6 N–H and O–H groups in total. The highest BCUT2D eigenvalue weighted by Crippen LogP contribution is 2.30. The first-order chi connectivity index (χ1) is 24.5. The lowest BCUT2D eigenvalue weighted by Gasteiger charge is -2.11. The van der Waals surface area contributed by atoms with Crippen LogP contribution in [0.4, 0.5) is 45.5 Å². The molecular weight excluding hydrogens is 729 g/mol. The van der Waals surface area contributed by atoms with Crippen LogP contribution in [0.1, 0.15) is 0 Å². The van der Waals surface area contributed by atoms with Crippen molar-refractivity contribution in [2.45, 2.75) is 9.79 Å². The lowest BCUT2D eigenvalue weighted by Crippen LogP contribution is -2.47. The summed E-state index contributed by atoms with van der Waals surface area (Å²) in [5.74, 6) is 0. The van der Waals surface area contributed by atoms with E-state index in [9.17, 15) is 55.8 Å². The molecule has 0 saturated heterocycles. The van der Waals surface area contributed by atoms with E-state index in [-0.39, 0.29) is 16.7 Å². The number of hydrogen-bond donors (Lipinski definition) is 6. The minimum absolute atomic E-state index is 0.124. The maximum absolute atomic E-state index is 13.0. The second-order valence-electron chi connectivity index (χ2n) is 10.4. The number of nitro benzene ring substituents is 2. The molecule has 0 aliphatic rings. The van der Waals surface area contributed by atoms with Crippen LogP contribution in [0.3, 0.4) is 0 Å². The van der Waals surface area contributed by atoms with Gasteiger partial charge in [-0.1, -0.05) is 0 Å². The van der Waals surface area contributed by atoms with Gasteiger partial charge >= 0.3 is 0 Å². The number of nitrogens with zero attached hydrogens (tertiary/aromatic N) is 4. The molecule has 0 atom stereocenters. The molecule has 0 aliphatic heterocycles. The molecule has 0 saturated carbocycles. The number of nitrogens with one attached hydrogen (secondary N) is 4. The molecule has 0 radical (unpaired) electrons. The highest BCUT2D eigenvalue weighted by molar-refractivity contribution is 7.86. The lowest BCUT2D eigenvalue weighted by molar-refractivity contribution is -0.385. The van der Waals surface area contributed by atoms with E-state index in [1.54, 1.807) is 0 Å². The summed E-state index contributed by atoms with van der Waals surface area (Å²) < 4.78 is 66.2. The topological polar surface area (TPSA) is 302 Å².